The number of halogens is 1. The van der Waals surface area contributed by atoms with E-state index >= 15 is 0 Å². The summed E-state index contributed by atoms with van der Waals surface area (Å²) >= 11 is 0. The maximum Gasteiger partial charge on any atom is 0.255 e. The molecule has 0 heterocycles. The fourth-order valence-corrected chi connectivity index (χ4v) is 1.54. The van der Waals surface area contributed by atoms with Gasteiger partial charge in [0.25, 0.3) is 5.91 Å². The van der Waals surface area contributed by atoms with Gasteiger partial charge in [-0.1, -0.05) is 19.1 Å². The number of hydrogen-bond acceptors (Lipinski definition) is 2. The van der Waals surface area contributed by atoms with Gasteiger partial charge in [-0.25, -0.2) is 0 Å². The van der Waals surface area contributed by atoms with Crippen molar-refractivity contribution < 1.29 is 4.79 Å². The van der Waals surface area contributed by atoms with Crippen molar-refractivity contribution in [1.82, 2.24) is 4.90 Å². The van der Waals surface area contributed by atoms with Crippen LogP contribution in [0.2, 0.25) is 0 Å². The van der Waals surface area contributed by atoms with Crippen LogP contribution in [0.4, 0.5) is 5.69 Å². The van der Waals surface area contributed by atoms with E-state index in [4.69, 9.17) is 5.73 Å². The summed E-state index contributed by atoms with van der Waals surface area (Å²) in [6.07, 6.45) is 0.965. The van der Waals surface area contributed by atoms with Crippen molar-refractivity contribution in [2.45, 2.75) is 20.3 Å². The lowest BCUT2D eigenvalue weighted by molar-refractivity contribution is 0.0765. The van der Waals surface area contributed by atoms with E-state index in [0.29, 0.717) is 11.3 Å². The SMILES string of the molecule is CCCN(CC)C(=O)c1ccccc1N.Cl. The van der Waals surface area contributed by atoms with Crippen molar-refractivity contribution in [3.05, 3.63) is 29.8 Å². The highest BCUT2D eigenvalue weighted by molar-refractivity contribution is 5.99. The second kappa shape index (κ2) is 7.12. The molecule has 1 amide bonds. The Balaban J connectivity index is 0.00000225. The summed E-state index contributed by atoms with van der Waals surface area (Å²) in [4.78, 5) is 13.8. The molecule has 4 heteroatoms. The minimum atomic E-state index is 0. The van der Waals surface area contributed by atoms with Crippen molar-refractivity contribution in [3.63, 3.8) is 0 Å². The topological polar surface area (TPSA) is 46.3 Å². The van der Waals surface area contributed by atoms with Crippen LogP contribution < -0.4 is 5.73 Å². The average Bonchev–Trinajstić information content (AvgIpc) is 2.25. The van der Waals surface area contributed by atoms with Crippen LogP contribution in [-0.2, 0) is 0 Å². The average molecular weight is 243 g/mol. The van der Waals surface area contributed by atoms with Crippen molar-refractivity contribution in [1.29, 1.82) is 0 Å². The maximum absolute atomic E-state index is 12.0. The minimum Gasteiger partial charge on any atom is -0.398 e. The zero-order chi connectivity index (χ0) is 11.3. The molecule has 90 valence electrons. The molecule has 0 aliphatic heterocycles. The van der Waals surface area contributed by atoms with Crippen molar-refractivity contribution in [2.24, 2.45) is 0 Å². The normalized spacial score (nSPS) is 9.38. The van der Waals surface area contributed by atoms with Gasteiger partial charge in [0.15, 0.2) is 0 Å². The Kier molecular flexibility index (Phi) is 6.58. The van der Waals surface area contributed by atoms with Crippen LogP contribution in [0.3, 0.4) is 0 Å². The summed E-state index contributed by atoms with van der Waals surface area (Å²) in [6, 6.07) is 7.20. The van der Waals surface area contributed by atoms with Crippen molar-refractivity contribution in [3.8, 4) is 0 Å². The molecule has 0 aliphatic rings. The Morgan fingerprint density at radius 2 is 1.94 bits per heavy atom. The molecule has 0 saturated heterocycles. The molecule has 0 fully saturated rings. The van der Waals surface area contributed by atoms with Crippen LogP contribution in [0, 0.1) is 0 Å². The predicted octanol–water partition coefficient (Wildman–Crippen LogP) is 2.56. The number of nitrogens with zero attached hydrogens (tertiary/aromatic N) is 1. The van der Waals surface area contributed by atoms with Gasteiger partial charge >= 0.3 is 0 Å². The predicted molar refractivity (Wildman–Crippen MR) is 70.0 cm³/mol. The lowest BCUT2D eigenvalue weighted by atomic mass is 10.1. The minimum absolute atomic E-state index is 0. The molecule has 0 spiro atoms. The third-order valence-corrected chi connectivity index (χ3v) is 2.35. The van der Waals surface area contributed by atoms with Gasteiger partial charge in [0, 0.05) is 18.8 Å². The molecule has 0 aromatic heterocycles. The number of hydrogen-bond donors (Lipinski definition) is 1. The van der Waals surface area contributed by atoms with Gasteiger partial charge in [-0.2, -0.15) is 0 Å². The van der Waals surface area contributed by atoms with E-state index in [-0.39, 0.29) is 18.3 Å². The second-order valence-electron chi connectivity index (χ2n) is 3.47. The first kappa shape index (κ1) is 14.8. The summed E-state index contributed by atoms with van der Waals surface area (Å²) in [5.74, 6) is 0.0254. The van der Waals surface area contributed by atoms with Crippen LogP contribution in [-0.4, -0.2) is 23.9 Å². The third-order valence-electron chi connectivity index (χ3n) is 2.35. The molecular formula is C12H19ClN2O. The van der Waals surface area contributed by atoms with E-state index in [0.717, 1.165) is 19.5 Å². The second-order valence-corrected chi connectivity index (χ2v) is 3.47. The van der Waals surface area contributed by atoms with E-state index in [9.17, 15) is 4.79 Å². The first-order chi connectivity index (χ1) is 7.20. The molecule has 0 aliphatic carbocycles. The number of nitrogens with two attached hydrogens (primary N) is 1. The summed E-state index contributed by atoms with van der Waals surface area (Å²) < 4.78 is 0. The molecule has 1 aromatic rings. The monoisotopic (exact) mass is 242 g/mol. The molecule has 16 heavy (non-hydrogen) atoms. The molecule has 1 aromatic carbocycles. The molecule has 0 radical (unpaired) electrons. The largest absolute Gasteiger partial charge is 0.398 e. The van der Waals surface area contributed by atoms with Gasteiger partial charge in [-0.05, 0) is 25.5 Å². The molecule has 0 unspecified atom stereocenters. The van der Waals surface area contributed by atoms with E-state index in [1.807, 2.05) is 24.0 Å². The molecule has 0 atom stereocenters. The Morgan fingerprint density at radius 3 is 2.44 bits per heavy atom. The fourth-order valence-electron chi connectivity index (χ4n) is 1.54. The van der Waals surface area contributed by atoms with Gasteiger partial charge in [0.2, 0.25) is 0 Å². The number of carbonyl (C=O) groups excluding carboxylic acids is 1. The molecule has 1 rings (SSSR count). The fraction of sp³-hybridized carbons (Fsp3) is 0.417. The van der Waals surface area contributed by atoms with Gasteiger partial charge in [0.1, 0.15) is 0 Å². The molecular weight excluding hydrogens is 224 g/mol. The Labute approximate surface area is 103 Å². The zero-order valence-electron chi connectivity index (χ0n) is 9.77. The van der Waals surface area contributed by atoms with Crippen LogP contribution in [0.25, 0.3) is 0 Å². The number of benzene rings is 1. The van der Waals surface area contributed by atoms with E-state index in [1.165, 1.54) is 0 Å². The van der Waals surface area contributed by atoms with Crippen molar-refractivity contribution in [2.75, 3.05) is 18.8 Å². The maximum atomic E-state index is 12.0. The summed E-state index contributed by atoms with van der Waals surface area (Å²) in [6.45, 7) is 5.54. The van der Waals surface area contributed by atoms with Crippen LogP contribution >= 0.6 is 12.4 Å². The lowest BCUT2D eigenvalue weighted by Gasteiger charge is -2.20. The summed E-state index contributed by atoms with van der Waals surface area (Å²) in [7, 11) is 0. The van der Waals surface area contributed by atoms with E-state index in [2.05, 4.69) is 6.92 Å². The van der Waals surface area contributed by atoms with Gasteiger partial charge < -0.3 is 10.6 Å². The molecule has 0 bridgehead atoms. The number of amides is 1. The number of para-hydroxylation sites is 1. The smallest absolute Gasteiger partial charge is 0.255 e. The van der Waals surface area contributed by atoms with E-state index < -0.39 is 0 Å². The Bertz CT molecular complexity index is 342. The Morgan fingerprint density at radius 1 is 1.31 bits per heavy atom. The number of nitrogen functional groups attached to an aromatic ring is 1. The first-order valence-corrected chi connectivity index (χ1v) is 5.34. The Hall–Kier alpha value is -1.22. The highest BCUT2D eigenvalue weighted by Gasteiger charge is 2.14. The van der Waals surface area contributed by atoms with Gasteiger partial charge in [-0.15, -0.1) is 12.4 Å². The number of carbonyl (C=O) groups is 1. The quantitative estimate of drug-likeness (QED) is 0.825. The third kappa shape index (κ3) is 3.42. The summed E-state index contributed by atoms with van der Waals surface area (Å²) in [5, 5.41) is 0. The van der Waals surface area contributed by atoms with Gasteiger partial charge in [0.05, 0.1) is 5.56 Å². The number of rotatable bonds is 4. The zero-order valence-corrected chi connectivity index (χ0v) is 10.6. The highest BCUT2D eigenvalue weighted by Crippen LogP contribution is 2.13. The van der Waals surface area contributed by atoms with Crippen LogP contribution in [0.5, 0.6) is 0 Å². The lowest BCUT2D eigenvalue weighted by Crippen LogP contribution is -2.31. The first-order valence-electron chi connectivity index (χ1n) is 5.34. The van der Waals surface area contributed by atoms with E-state index in [1.54, 1.807) is 12.1 Å². The van der Waals surface area contributed by atoms with Crippen LogP contribution in [0.1, 0.15) is 30.6 Å². The van der Waals surface area contributed by atoms with Gasteiger partial charge in [-0.3, -0.25) is 4.79 Å². The highest BCUT2D eigenvalue weighted by atomic mass is 35.5. The standard InChI is InChI=1S/C12H18N2O.ClH/c1-3-9-14(4-2)12(15)10-7-5-6-8-11(10)13;/h5-8H,3-4,9,13H2,1-2H3;1H. The molecule has 0 saturated carbocycles. The van der Waals surface area contributed by atoms with Crippen molar-refractivity contribution >= 4 is 24.0 Å². The number of anilines is 1. The van der Waals surface area contributed by atoms with Crippen LogP contribution in [0.15, 0.2) is 24.3 Å². The molecule has 2 N–H and O–H groups in total. The molecule has 3 nitrogen and oxygen atoms in total. The summed E-state index contributed by atoms with van der Waals surface area (Å²) in [5.41, 5.74) is 6.92.